The van der Waals surface area contributed by atoms with Gasteiger partial charge in [-0.2, -0.15) is 0 Å². The Labute approximate surface area is 143 Å². The van der Waals surface area contributed by atoms with Gasteiger partial charge in [0.1, 0.15) is 0 Å². The molecule has 0 fully saturated rings. The second-order valence-corrected chi connectivity index (χ2v) is 6.39. The van der Waals surface area contributed by atoms with Crippen molar-refractivity contribution in [3.63, 3.8) is 0 Å². The Balaban J connectivity index is 2.07. The highest BCUT2D eigenvalue weighted by atomic mass is 16.2. The van der Waals surface area contributed by atoms with E-state index in [1.54, 1.807) is 19.0 Å². The summed E-state index contributed by atoms with van der Waals surface area (Å²) in [4.78, 5) is 18.7. The molecule has 1 heterocycles. The van der Waals surface area contributed by atoms with Crippen LogP contribution in [0.3, 0.4) is 0 Å². The minimum atomic E-state index is -0.0607. The Bertz CT molecular complexity index is 856. The van der Waals surface area contributed by atoms with Crippen LogP contribution in [0.25, 0.3) is 22.2 Å². The molecule has 0 saturated carbocycles. The lowest BCUT2D eigenvalue weighted by Crippen LogP contribution is -2.29. The largest absolute Gasteiger partial charge is 0.349 e. The molecular formula is C21H22N2O. The van der Waals surface area contributed by atoms with Gasteiger partial charge in [-0.15, -0.1) is 0 Å². The van der Waals surface area contributed by atoms with Crippen molar-refractivity contribution in [3.8, 4) is 11.3 Å². The Morgan fingerprint density at radius 3 is 2.42 bits per heavy atom. The number of aromatic nitrogens is 1. The van der Waals surface area contributed by atoms with Crippen LogP contribution in [-0.4, -0.2) is 29.9 Å². The van der Waals surface area contributed by atoms with Crippen LogP contribution in [-0.2, 0) is 11.2 Å². The van der Waals surface area contributed by atoms with Gasteiger partial charge in [-0.3, -0.25) is 4.79 Å². The molecule has 24 heavy (non-hydrogen) atoms. The second-order valence-electron chi connectivity index (χ2n) is 6.39. The van der Waals surface area contributed by atoms with Gasteiger partial charge in [-0.05, 0) is 24.1 Å². The van der Waals surface area contributed by atoms with Crippen LogP contribution in [0.1, 0.15) is 12.5 Å². The molecule has 2 aromatic carbocycles. The molecule has 3 rings (SSSR count). The van der Waals surface area contributed by atoms with E-state index >= 15 is 0 Å². The molecule has 0 saturated heterocycles. The maximum atomic E-state index is 12.2. The fraction of sp³-hybridized carbons (Fsp3) is 0.238. The van der Waals surface area contributed by atoms with Crippen molar-refractivity contribution in [1.82, 2.24) is 9.88 Å². The van der Waals surface area contributed by atoms with E-state index in [-0.39, 0.29) is 11.8 Å². The van der Waals surface area contributed by atoms with Crippen molar-refractivity contribution in [2.45, 2.75) is 13.3 Å². The first-order valence-corrected chi connectivity index (χ1v) is 8.21. The number of hydrogen-bond acceptors (Lipinski definition) is 2. The van der Waals surface area contributed by atoms with Gasteiger partial charge in [0.15, 0.2) is 0 Å². The van der Waals surface area contributed by atoms with E-state index in [1.807, 2.05) is 43.3 Å². The fourth-order valence-electron chi connectivity index (χ4n) is 3.03. The molecule has 3 aromatic rings. The molecule has 0 radical (unpaired) electrons. The fourth-order valence-corrected chi connectivity index (χ4v) is 3.03. The van der Waals surface area contributed by atoms with Crippen LogP contribution in [0.2, 0.25) is 0 Å². The molecule has 0 aliphatic rings. The molecule has 0 aliphatic carbocycles. The third-order valence-corrected chi connectivity index (χ3v) is 4.26. The number of amides is 1. The predicted molar refractivity (Wildman–Crippen MR) is 98.7 cm³/mol. The highest BCUT2D eigenvalue weighted by molar-refractivity contribution is 5.86. The molecule has 0 N–H and O–H groups in total. The van der Waals surface area contributed by atoms with Crippen LogP contribution in [0.15, 0.2) is 60.7 Å². The lowest BCUT2D eigenvalue weighted by atomic mass is 9.95. The maximum absolute atomic E-state index is 12.2. The second kappa shape index (κ2) is 6.83. The molecular weight excluding hydrogens is 296 g/mol. The monoisotopic (exact) mass is 318 g/mol. The van der Waals surface area contributed by atoms with Crippen LogP contribution < -0.4 is 0 Å². The molecule has 0 aliphatic heterocycles. The first-order chi connectivity index (χ1) is 11.6. The van der Waals surface area contributed by atoms with E-state index in [0.29, 0.717) is 6.42 Å². The number of pyridine rings is 1. The van der Waals surface area contributed by atoms with E-state index in [0.717, 1.165) is 22.2 Å². The summed E-state index contributed by atoms with van der Waals surface area (Å²) in [5.74, 6) is 0.0894. The molecule has 0 spiro atoms. The normalized spacial score (nSPS) is 12.1. The van der Waals surface area contributed by atoms with Gasteiger partial charge >= 0.3 is 0 Å². The summed E-state index contributed by atoms with van der Waals surface area (Å²) in [6.07, 6.45) is 0.708. The summed E-state index contributed by atoms with van der Waals surface area (Å²) in [5, 5.41) is 1.12. The Hall–Kier alpha value is -2.68. The molecule has 0 unspecified atom stereocenters. The quantitative estimate of drug-likeness (QED) is 0.723. The lowest BCUT2D eigenvalue weighted by molar-refractivity contribution is -0.132. The van der Waals surface area contributed by atoms with Crippen molar-refractivity contribution in [1.29, 1.82) is 0 Å². The van der Waals surface area contributed by atoms with Gasteiger partial charge in [0.2, 0.25) is 5.91 Å². The SMILES string of the molecule is C[C@@H](Cc1cc(-c2ccccc2)nc2ccccc12)C(=O)N(C)C. The summed E-state index contributed by atoms with van der Waals surface area (Å²) in [7, 11) is 3.61. The number of nitrogens with zero attached hydrogens (tertiary/aromatic N) is 2. The van der Waals surface area contributed by atoms with E-state index in [9.17, 15) is 4.79 Å². The molecule has 3 nitrogen and oxygen atoms in total. The molecule has 1 atom stereocenters. The summed E-state index contributed by atoms with van der Waals surface area (Å²) >= 11 is 0. The molecule has 0 bridgehead atoms. The van der Waals surface area contributed by atoms with Crippen molar-refractivity contribution in [3.05, 3.63) is 66.2 Å². The average Bonchev–Trinajstić information content (AvgIpc) is 2.61. The van der Waals surface area contributed by atoms with E-state index < -0.39 is 0 Å². The molecule has 1 amide bonds. The first kappa shape index (κ1) is 16.2. The molecule has 122 valence electrons. The van der Waals surface area contributed by atoms with Gasteiger partial charge in [0, 0.05) is 31.0 Å². The topological polar surface area (TPSA) is 33.2 Å². The zero-order valence-electron chi connectivity index (χ0n) is 14.4. The van der Waals surface area contributed by atoms with Gasteiger partial charge in [-0.25, -0.2) is 4.98 Å². The zero-order chi connectivity index (χ0) is 17.1. The van der Waals surface area contributed by atoms with Crippen LogP contribution >= 0.6 is 0 Å². The van der Waals surface area contributed by atoms with Gasteiger partial charge < -0.3 is 4.90 Å². The highest BCUT2D eigenvalue weighted by Gasteiger charge is 2.17. The Morgan fingerprint density at radius 2 is 1.71 bits per heavy atom. The Kier molecular flexibility index (Phi) is 4.61. The smallest absolute Gasteiger partial charge is 0.225 e. The Morgan fingerprint density at radius 1 is 1.04 bits per heavy atom. The van der Waals surface area contributed by atoms with Gasteiger partial charge in [0.25, 0.3) is 0 Å². The molecule has 3 heteroatoms. The third-order valence-electron chi connectivity index (χ3n) is 4.26. The third kappa shape index (κ3) is 3.30. The highest BCUT2D eigenvalue weighted by Crippen LogP contribution is 2.26. The number of benzene rings is 2. The van der Waals surface area contributed by atoms with Crippen molar-refractivity contribution in [2.24, 2.45) is 5.92 Å². The number of hydrogen-bond donors (Lipinski definition) is 0. The van der Waals surface area contributed by atoms with Crippen molar-refractivity contribution in [2.75, 3.05) is 14.1 Å². The number of fused-ring (bicyclic) bond motifs is 1. The number of carbonyl (C=O) groups is 1. The zero-order valence-corrected chi connectivity index (χ0v) is 14.4. The van der Waals surface area contributed by atoms with Gasteiger partial charge in [0.05, 0.1) is 11.2 Å². The predicted octanol–water partition coefficient (Wildman–Crippen LogP) is 4.17. The van der Waals surface area contributed by atoms with Crippen LogP contribution in [0.4, 0.5) is 0 Å². The van der Waals surface area contributed by atoms with Crippen LogP contribution in [0, 0.1) is 5.92 Å². The summed E-state index contributed by atoms with van der Waals surface area (Å²) < 4.78 is 0. The minimum absolute atomic E-state index is 0.0607. The number of rotatable bonds is 4. The van der Waals surface area contributed by atoms with Crippen LogP contribution in [0.5, 0.6) is 0 Å². The summed E-state index contributed by atoms with van der Waals surface area (Å²) in [6, 6.07) is 20.4. The maximum Gasteiger partial charge on any atom is 0.225 e. The number of carbonyl (C=O) groups excluding carboxylic acids is 1. The summed E-state index contributed by atoms with van der Waals surface area (Å²) in [5.41, 5.74) is 4.19. The standard InChI is InChI=1S/C21H22N2O/c1-15(21(24)23(2)3)13-17-14-20(16-9-5-4-6-10-16)22-19-12-8-7-11-18(17)19/h4-12,14-15H,13H2,1-3H3/t15-/m0/s1. The van der Waals surface area contributed by atoms with Crippen molar-refractivity contribution < 1.29 is 4.79 Å². The molecule has 1 aromatic heterocycles. The minimum Gasteiger partial charge on any atom is -0.349 e. The lowest BCUT2D eigenvalue weighted by Gasteiger charge is -2.18. The van der Waals surface area contributed by atoms with E-state index in [1.165, 1.54) is 5.56 Å². The average molecular weight is 318 g/mol. The van der Waals surface area contributed by atoms with E-state index in [4.69, 9.17) is 4.98 Å². The number of para-hydroxylation sites is 1. The van der Waals surface area contributed by atoms with Crippen molar-refractivity contribution >= 4 is 16.8 Å². The van der Waals surface area contributed by atoms with E-state index in [2.05, 4.69) is 24.3 Å². The first-order valence-electron chi connectivity index (χ1n) is 8.21. The van der Waals surface area contributed by atoms with Gasteiger partial charge in [-0.1, -0.05) is 55.5 Å². The summed E-state index contributed by atoms with van der Waals surface area (Å²) in [6.45, 7) is 1.99.